The van der Waals surface area contributed by atoms with E-state index >= 15 is 0 Å². The van der Waals surface area contributed by atoms with Crippen molar-refractivity contribution in [2.24, 2.45) is 5.73 Å². The Labute approximate surface area is 148 Å². The number of rotatable bonds is 5. The standard InChI is InChI=1S/C17H16FN3O4S/c1-2-9-8-20-14-5-10(3-4-11(9)14)21-26(24,25)16-6-12(17(19)23)15(22)7-13(16)18/h3-8,20-22H,2H2,1H3,(H2,19,23). The van der Waals surface area contributed by atoms with E-state index in [1.54, 1.807) is 18.2 Å². The fraction of sp³-hybridized carbons (Fsp3) is 0.118. The third-order valence-electron chi connectivity index (χ3n) is 4.01. The third kappa shape index (κ3) is 3.08. The number of halogens is 1. The van der Waals surface area contributed by atoms with Crippen molar-refractivity contribution in [2.75, 3.05) is 4.72 Å². The monoisotopic (exact) mass is 377 g/mol. The van der Waals surface area contributed by atoms with Gasteiger partial charge in [-0.25, -0.2) is 12.8 Å². The Kier molecular flexibility index (Phi) is 4.33. The molecule has 3 aromatic rings. The molecule has 0 saturated heterocycles. The van der Waals surface area contributed by atoms with Crippen molar-refractivity contribution in [2.45, 2.75) is 18.2 Å². The molecule has 136 valence electrons. The summed E-state index contributed by atoms with van der Waals surface area (Å²) in [5.41, 5.74) is 6.61. The van der Waals surface area contributed by atoms with Crippen molar-refractivity contribution < 1.29 is 22.7 Å². The van der Waals surface area contributed by atoms with E-state index in [0.29, 0.717) is 12.1 Å². The van der Waals surface area contributed by atoms with Crippen LogP contribution in [0.3, 0.4) is 0 Å². The number of nitrogens with two attached hydrogens (primary N) is 1. The van der Waals surface area contributed by atoms with Gasteiger partial charge in [-0.05, 0) is 30.2 Å². The number of aromatic nitrogens is 1. The molecule has 0 unspecified atom stereocenters. The lowest BCUT2D eigenvalue weighted by molar-refractivity contribution is 0.0997. The number of aromatic amines is 1. The molecule has 0 spiro atoms. The van der Waals surface area contributed by atoms with Crippen LogP contribution in [0.2, 0.25) is 0 Å². The fourth-order valence-electron chi connectivity index (χ4n) is 2.70. The maximum absolute atomic E-state index is 14.1. The molecule has 0 aliphatic carbocycles. The number of nitrogens with one attached hydrogen (secondary N) is 2. The number of aromatic hydroxyl groups is 1. The van der Waals surface area contributed by atoms with Gasteiger partial charge >= 0.3 is 0 Å². The van der Waals surface area contributed by atoms with Gasteiger partial charge in [-0.3, -0.25) is 9.52 Å². The topological polar surface area (TPSA) is 125 Å². The van der Waals surface area contributed by atoms with E-state index in [0.717, 1.165) is 22.9 Å². The van der Waals surface area contributed by atoms with Crippen LogP contribution in [0.1, 0.15) is 22.8 Å². The number of anilines is 1. The molecule has 9 heteroatoms. The third-order valence-corrected chi connectivity index (χ3v) is 5.40. The van der Waals surface area contributed by atoms with Crippen LogP contribution in [0.5, 0.6) is 5.75 Å². The van der Waals surface area contributed by atoms with Crippen molar-refractivity contribution >= 4 is 32.5 Å². The number of H-pyrrole nitrogens is 1. The van der Waals surface area contributed by atoms with Gasteiger partial charge in [0.2, 0.25) is 0 Å². The van der Waals surface area contributed by atoms with Gasteiger partial charge in [0.15, 0.2) is 0 Å². The molecule has 1 amide bonds. The molecule has 1 aromatic heterocycles. The summed E-state index contributed by atoms with van der Waals surface area (Å²) in [7, 11) is -4.34. The van der Waals surface area contributed by atoms with E-state index in [-0.39, 0.29) is 5.69 Å². The second-order valence-electron chi connectivity index (χ2n) is 5.70. The molecule has 0 bridgehead atoms. The predicted octanol–water partition coefficient (Wildman–Crippen LogP) is 2.47. The van der Waals surface area contributed by atoms with Gasteiger partial charge < -0.3 is 15.8 Å². The summed E-state index contributed by atoms with van der Waals surface area (Å²) < 4.78 is 41.3. The maximum Gasteiger partial charge on any atom is 0.264 e. The lowest BCUT2D eigenvalue weighted by atomic mass is 10.1. The van der Waals surface area contributed by atoms with E-state index < -0.39 is 38.0 Å². The number of carbonyl (C=O) groups excluding carboxylic acids is 1. The number of benzene rings is 2. The molecule has 0 aliphatic rings. The molecule has 5 N–H and O–H groups in total. The number of phenols is 1. The molecule has 1 heterocycles. The summed E-state index contributed by atoms with van der Waals surface area (Å²) in [4.78, 5) is 13.5. The summed E-state index contributed by atoms with van der Waals surface area (Å²) in [6.45, 7) is 2.00. The first kappa shape index (κ1) is 17.7. The van der Waals surface area contributed by atoms with Gasteiger partial charge in [-0.15, -0.1) is 0 Å². The first-order chi connectivity index (χ1) is 12.2. The summed E-state index contributed by atoms with van der Waals surface area (Å²) in [6.07, 6.45) is 2.65. The molecule has 3 rings (SSSR count). The minimum Gasteiger partial charge on any atom is -0.507 e. The number of fused-ring (bicyclic) bond motifs is 1. The van der Waals surface area contributed by atoms with Gasteiger partial charge in [-0.2, -0.15) is 0 Å². The van der Waals surface area contributed by atoms with Crippen molar-refractivity contribution in [1.29, 1.82) is 0 Å². The molecule has 0 saturated carbocycles. The Hall–Kier alpha value is -3.07. The number of hydrogen-bond acceptors (Lipinski definition) is 4. The lowest BCUT2D eigenvalue weighted by Crippen LogP contribution is -2.17. The maximum atomic E-state index is 14.1. The van der Waals surface area contributed by atoms with Crippen LogP contribution in [0.25, 0.3) is 10.9 Å². The van der Waals surface area contributed by atoms with E-state index in [2.05, 4.69) is 9.71 Å². The second-order valence-corrected chi connectivity index (χ2v) is 7.35. The van der Waals surface area contributed by atoms with Gasteiger partial charge in [-0.1, -0.05) is 13.0 Å². The molecular formula is C17H16FN3O4S. The van der Waals surface area contributed by atoms with Crippen LogP contribution in [0, 0.1) is 5.82 Å². The summed E-state index contributed by atoms with van der Waals surface area (Å²) >= 11 is 0. The number of aryl methyl sites for hydroxylation is 1. The van der Waals surface area contributed by atoms with Crippen LogP contribution in [0.4, 0.5) is 10.1 Å². The Morgan fingerprint density at radius 1 is 1.31 bits per heavy atom. The average molecular weight is 377 g/mol. The minimum absolute atomic E-state index is 0.218. The van der Waals surface area contributed by atoms with Gasteiger partial charge in [0.1, 0.15) is 16.5 Å². The zero-order valence-electron chi connectivity index (χ0n) is 13.7. The van der Waals surface area contributed by atoms with Crippen LogP contribution in [-0.4, -0.2) is 24.4 Å². The van der Waals surface area contributed by atoms with E-state index in [1.165, 1.54) is 0 Å². The van der Waals surface area contributed by atoms with Gasteiger partial charge in [0, 0.05) is 23.2 Å². The van der Waals surface area contributed by atoms with Crippen LogP contribution >= 0.6 is 0 Å². The minimum atomic E-state index is -4.34. The fourth-order valence-corrected chi connectivity index (χ4v) is 3.83. The Balaban J connectivity index is 2.01. The molecule has 26 heavy (non-hydrogen) atoms. The first-order valence-electron chi connectivity index (χ1n) is 7.68. The smallest absolute Gasteiger partial charge is 0.264 e. The number of sulfonamides is 1. The summed E-state index contributed by atoms with van der Waals surface area (Å²) in [5, 5.41) is 10.5. The number of hydrogen-bond donors (Lipinski definition) is 4. The summed E-state index contributed by atoms with van der Waals surface area (Å²) in [5.74, 6) is -3.00. The Morgan fingerprint density at radius 3 is 2.69 bits per heavy atom. The summed E-state index contributed by atoms with van der Waals surface area (Å²) in [6, 6.07) is 6.14. The highest BCUT2D eigenvalue weighted by molar-refractivity contribution is 7.92. The first-order valence-corrected chi connectivity index (χ1v) is 9.16. The zero-order valence-corrected chi connectivity index (χ0v) is 14.5. The molecular weight excluding hydrogens is 361 g/mol. The average Bonchev–Trinajstić information content (AvgIpc) is 2.96. The number of primary amides is 1. The van der Waals surface area contributed by atoms with Crippen molar-refractivity contribution in [3.8, 4) is 5.75 Å². The van der Waals surface area contributed by atoms with Crippen LogP contribution in [-0.2, 0) is 16.4 Å². The highest BCUT2D eigenvalue weighted by Gasteiger charge is 2.23. The Bertz CT molecular complexity index is 1120. The van der Waals surface area contributed by atoms with Crippen molar-refractivity contribution in [1.82, 2.24) is 4.98 Å². The molecule has 2 aromatic carbocycles. The SMILES string of the molecule is CCc1c[nH]c2cc(NS(=O)(=O)c3cc(C(N)=O)c(O)cc3F)ccc12. The molecule has 0 atom stereocenters. The molecule has 0 aliphatic heterocycles. The van der Waals surface area contributed by atoms with Gasteiger partial charge in [0.05, 0.1) is 11.3 Å². The second kappa shape index (κ2) is 6.34. The predicted molar refractivity (Wildman–Crippen MR) is 95.1 cm³/mol. The highest BCUT2D eigenvalue weighted by Crippen LogP contribution is 2.28. The number of amides is 1. The zero-order chi connectivity index (χ0) is 19.1. The van der Waals surface area contributed by atoms with E-state index in [4.69, 9.17) is 5.73 Å². The van der Waals surface area contributed by atoms with E-state index in [1.807, 2.05) is 13.1 Å². The Morgan fingerprint density at radius 2 is 2.04 bits per heavy atom. The normalized spacial score (nSPS) is 11.6. The lowest BCUT2D eigenvalue weighted by Gasteiger charge is -2.11. The molecule has 0 fully saturated rings. The van der Waals surface area contributed by atoms with Crippen LogP contribution in [0.15, 0.2) is 41.4 Å². The highest BCUT2D eigenvalue weighted by atomic mass is 32.2. The quantitative estimate of drug-likeness (QED) is 0.545. The van der Waals surface area contributed by atoms with Gasteiger partial charge in [0.25, 0.3) is 15.9 Å². The van der Waals surface area contributed by atoms with Crippen LogP contribution < -0.4 is 10.5 Å². The number of carbonyl (C=O) groups is 1. The molecule has 7 nitrogen and oxygen atoms in total. The largest absolute Gasteiger partial charge is 0.507 e. The van der Waals surface area contributed by atoms with E-state index in [9.17, 15) is 22.7 Å². The van der Waals surface area contributed by atoms with Crippen molar-refractivity contribution in [3.63, 3.8) is 0 Å². The van der Waals surface area contributed by atoms with Crippen molar-refractivity contribution in [3.05, 3.63) is 53.5 Å². The molecule has 0 radical (unpaired) electrons.